The molecule has 2 aromatic rings. The van der Waals surface area contributed by atoms with Crippen LogP contribution in [0.4, 0.5) is 5.69 Å². The van der Waals surface area contributed by atoms with E-state index < -0.39 is 6.04 Å². The van der Waals surface area contributed by atoms with Crippen molar-refractivity contribution in [2.75, 3.05) is 4.90 Å². The maximum atomic E-state index is 13.6. The van der Waals surface area contributed by atoms with E-state index in [0.29, 0.717) is 11.3 Å². The number of rotatable bonds is 6. The number of pyridine rings is 1. The molecule has 5 nitrogen and oxygen atoms in total. The van der Waals surface area contributed by atoms with Crippen LogP contribution in [0.5, 0.6) is 0 Å². The van der Waals surface area contributed by atoms with Crippen LogP contribution >= 0.6 is 0 Å². The Bertz CT molecular complexity index is 924. The molecule has 0 radical (unpaired) electrons. The predicted molar refractivity (Wildman–Crippen MR) is 129 cm³/mol. The molecule has 0 aliphatic heterocycles. The number of nitrogens with one attached hydrogen (secondary N) is 1. The van der Waals surface area contributed by atoms with Gasteiger partial charge in [-0.2, -0.15) is 0 Å². The molecule has 1 aliphatic carbocycles. The molecule has 3 rings (SSSR count). The summed E-state index contributed by atoms with van der Waals surface area (Å²) in [5.74, 6) is -0.397. The van der Waals surface area contributed by atoms with E-state index in [-0.39, 0.29) is 23.3 Å². The zero-order valence-electron chi connectivity index (χ0n) is 19.7. The molecule has 0 spiro atoms. The average molecular weight is 434 g/mol. The Morgan fingerprint density at radius 1 is 1.09 bits per heavy atom. The molecule has 0 saturated heterocycles. The summed E-state index contributed by atoms with van der Waals surface area (Å²) >= 11 is 0. The number of hydrogen-bond donors (Lipinski definition) is 1. The first-order valence-electron chi connectivity index (χ1n) is 11.6. The predicted octanol–water partition coefficient (Wildman–Crippen LogP) is 5.48. The van der Waals surface area contributed by atoms with Gasteiger partial charge >= 0.3 is 0 Å². The highest BCUT2D eigenvalue weighted by Crippen LogP contribution is 2.31. The number of carbonyl (C=O) groups excluding carboxylic acids is 2. The monoisotopic (exact) mass is 433 g/mol. The Morgan fingerprint density at radius 3 is 2.34 bits per heavy atom. The maximum absolute atomic E-state index is 13.6. The van der Waals surface area contributed by atoms with E-state index in [9.17, 15) is 9.59 Å². The molecular formula is C27H35N3O2. The Kier molecular flexibility index (Phi) is 7.84. The molecule has 1 saturated carbocycles. The van der Waals surface area contributed by atoms with Crippen LogP contribution in [-0.2, 0) is 15.0 Å². The van der Waals surface area contributed by atoms with Crippen molar-refractivity contribution in [3.63, 3.8) is 0 Å². The largest absolute Gasteiger partial charge is 0.351 e. The third kappa shape index (κ3) is 5.84. The van der Waals surface area contributed by atoms with Crippen LogP contribution in [0.2, 0.25) is 0 Å². The Hall–Kier alpha value is -2.95. The zero-order valence-corrected chi connectivity index (χ0v) is 19.7. The SMILES string of the molecule is C/C=C/C(=O)N(c1ccc(C(C)(C)C)cc1)C(C(=O)NC1CCCCC1)c1cccnc1. The number of nitrogens with zero attached hydrogens (tertiary/aromatic N) is 2. The van der Waals surface area contributed by atoms with E-state index >= 15 is 0 Å². The lowest BCUT2D eigenvalue weighted by Gasteiger charge is -2.33. The lowest BCUT2D eigenvalue weighted by molar-refractivity contribution is -0.126. The van der Waals surface area contributed by atoms with Gasteiger partial charge in [0.05, 0.1) is 0 Å². The maximum Gasteiger partial charge on any atom is 0.251 e. The van der Waals surface area contributed by atoms with Gasteiger partial charge in [-0.1, -0.05) is 64.3 Å². The summed E-state index contributed by atoms with van der Waals surface area (Å²) in [5.41, 5.74) is 2.55. The van der Waals surface area contributed by atoms with E-state index in [0.717, 1.165) is 25.7 Å². The average Bonchev–Trinajstić information content (AvgIpc) is 2.78. The van der Waals surface area contributed by atoms with Crippen LogP contribution in [0, 0.1) is 0 Å². The molecular weight excluding hydrogens is 398 g/mol. The topological polar surface area (TPSA) is 62.3 Å². The van der Waals surface area contributed by atoms with Crippen LogP contribution in [-0.4, -0.2) is 22.8 Å². The normalized spacial score (nSPS) is 16.0. The smallest absolute Gasteiger partial charge is 0.251 e. The van der Waals surface area contributed by atoms with Crippen molar-refractivity contribution in [3.05, 3.63) is 72.1 Å². The molecule has 1 N–H and O–H groups in total. The zero-order chi connectivity index (χ0) is 23.1. The second-order valence-electron chi connectivity index (χ2n) is 9.54. The Balaban J connectivity index is 2.03. The van der Waals surface area contributed by atoms with Gasteiger partial charge in [-0.25, -0.2) is 0 Å². The van der Waals surface area contributed by atoms with Crippen molar-refractivity contribution in [1.82, 2.24) is 10.3 Å². The van der Waals surface area contributed by atoms with E-state index in [4.69, 9.17) is 0 Å². The molecule has 170 valence electrons. The van der Waals surface area contributed by atoms with Crippen LogP contribution in [0.25, 0.3) is 0 Å². The number of anilines is 1. The van der Waals surface area contributed by atoms with Gasteiger partial charge < -0.3 is 5.32 Å². The highest BCUT2D eigenvalue weighted by molar-refractivity contribution is 6.06. The van der Waals surface area contributed by atoms with Crippen molar-refractivity contribution in [3.8, 4) is 0 Å². The van der Waals surface area contributed by atoms with E-state index in [1.54, 1.807) is 36.4 Å². The fraction of sp³-hybridized carbons (Fsp3) is 0.444. The second-order valence-corrected chi connectivity index (χ2v) is 9.54. The molecule has 1 fully saturated rings. The van der Waals surface area contributed by atoms with Crippen molar-refractivity contribution in [2.24, 2.45) is 0 Å². The van der Waals surface area contributed by atoms with Crippen molar-refractivity contribution < 1.29 is 9.59 Å². The van der Waals surface area contributed by atoms with Crippen LogP contribution in [0.15, 0.2) is 60.9 Å². The molecule has 1 heterocycles. The van der Waals surface area contributed by atoms with Gasteiger partial charge in [0.25, 0.3) is 5.91 Å². The summed E-state index contributed by atoms with van der Waals surface area (Å²) in [5, 5.41) is 3.22. The number of aromatic nitrogens is 1. The number of amides is 2. The van der Waals surface area contributed by atoms with Crippen LogP contribution in [0.3, 0.4) is 0 Å². The third-order valence-corrected chi connectivity index (χ3v) is 6.02. The molecule has 5 heteroatoms. The molecule has 32 heavy (non-hydrogen) atoms. The highest BCUT2D eigenvalue weighted by atomic mass is 16.2. The molecule has 1 aromatic carbocycles. The summed E-state index contributed by atoms with van der Waals surface area (Å²) in [7, 11) is 0. The van der Waals surface area contributed by atoms with E-state index in [1.165, 1.54) is 18.1 Å². The first-order valence-corrected chi connectivity index (χ1v) is 11.6. The summed E-state index contributed by atoms with van der Waals surface area (Å²) in [6.45, 7) is 8.27. The molecule has 1 aromatic heterocycles. The third-order valence-electron chi connectivity index (χ3n) is 6.02. The summed E-state index contributed by atoms with van der Waals surface area (Å²) in [4.78, 5) is 32.7. The number of hydrogen-bond acceptors (Lipinski definition) is 3. The summed E-state index contributed by atoms with van der Waals surface area (Å²) in [6.07, 6.45) is 12.0. The molecule has 1 atom stereocenters. The van der Waals surface area contributed by atoms with Crippen molar-refractivity contribution in [2.45, 2.75) is 77.3 Å². The van der Waals surface area contributed by atoms with Crippen LogP contribution in [0.1, 0.15) is 77.0 Å². The second kappa shape index (κ2) is 10.6. The lowest BCUT2D eigenvalue weighted by atomic mass is 9.87. The van der Waals surface area contributed by atoms with Crippen molar-refractivity contribution >= 4 is 17.5 Å². The molecule has 0 bridgehead atoms. The first-order chi connectivity index (χ1) is 15.3. The molecule has 1 aliphatic rings. The van der Waals surface area contributed by atoms with E-state index in [2.05, 4.69) is 31.1 Å². The van der Waals surface area contributed by atoms with Gasteiger partial charge in [-0.15, -0.1) is 0 Å². The van der Waals surface area contributed by atoms with Gasteiger partial charge in [-0.3, -0.25) is 19.5 Å². The fourth-order valence-corrected chi connectivity index (χ4v) is 4.23. The van der Waals surface area contributed by atoms with E-state index in [1.807, 2.05) is 30.3 Å². The van der Waals surface area contributed by atoms with Gasteiger partial charge in [0.1, 0.15) is 6.04 Å². The van der Waals surface area contributed by atoms with Gasteiger partial charge in [0, 0.05) is 29.7 Å². The minimum atomic E-state index is -0.796. The fourth-order valence-electron chi connectivity index (χ4n) is 4.23. The minimum absolute atomic E-state index is 0.00218. The highest BCUT2D eigenvalue weighted by Gasteiger charge is 2.33. The van der Waals surface area contributed by atoms with Gasteiger partial charge in [0.15, 0.2) is 0 Å². The first kappa shape index (κ1) is 23.7. The molecule has 2 amide bonds. The summed E-state index contributed by atoms with van der Waals surface area (Å²) in [6, 6.07) is 10.9. The van der Waals surface area contributed by atoms with Gasteiger partial charge in [-0.05, 0) is 55.0 Å². The van der Waals surface area contributed by atoms with Crippen LogP contribution < -0.4 is 10.2 Å². The minimum Gasteiger partial charge on any atom is -0.351 e. The Morgan fingerprint density at radius 2 is 1.78 bits per heavy atom. The quantitative estimate of drug-likeness (QED) is 0.614. The Labute approximate surface area is 191 Å². The standard InChI is InChI=1S/C27H35N3O2/c1-5-10-24(31)30(23-16-14-21(15-17-23)27(2,3)4)25(20-11-9-18-28-19-20)26(32)29-22-12-7-6-8-13-22/h5,9-11,14-19,22,25H,6-8,12-13H2,1-4H3,(H,29,32)/b10-5+. The number of benzene rings is 1. The number of carbonyl (C=O) groups is 2. The van der Waals surface area contributed by atoms with Crippen molar-refractivity contribution in [1.29, 1.82) is 0 Å². The summed E-state index contributed by atoms with van der Waals surface area (Å²) < 4.78 is 0. The van der Waals surface area contributed by atoms with Gasteiger partial charge in [0.2, 0.25) is 5.91 Å². The molecule has 1 unspecified atom stereocenters. The lowest BCUT2D eigenvalue weighted by Crippen LogP contribution is -2.47. The number of allylic oxidation sites excluding steroid dienone is 1.